The molecule has 1 unspecified atom stereocenters. The Morgan fingerprint density at radius 3 is 2.71 bits per heavy atom. The molecule has 1 rings (SSSR count). The van der Waals surface area contributed by atoms with Crippen LogP contribution in [0.3, 0.4) is 0 Å². The van der Waals surface area contributed by atoms with Crippen molar-refractivity contribution in [3.05, 3.63) is 23.5 Å². The monoisotopic (exact) mass is 276 g/mol. The molecule has 0 aliphatic heterocycles. The molecule has 1 aromatic rings. The molecule has 0 amide bonds. The highest BCUT2D eigenvalue weighted by Crippen LogP contribution is 2.19. The molecule has 6 heteroatoms. The van der Waals surface area contributed by atoms with Gasteiger partial charge in [0.1, 0.15) is 5.15 Å². The fraction of sp³-hybridized carbons (Fsp3) is 0.545. The van der Waals surface area contributed by atoms with E-state index in [0.29, 0.717) is 0 Å². The maximum absolute atomic E-state index is 12.2. The quantitative estimate of drug-likeness (QED) is 0.777. The third-order valence-corrected chi connectivity index (χ3v) is 4.88. The molecule has 0 aliphatic carbocycles. The van der Waals surface area contributed by atoms with Crippen LogP contribution in [0.15, 0.2) is 23.2 Å². The van der Waals surface area contributed by atoms with Crippen LogP contribution in [0.5, 0.6) is 0 Å². The highest BCUT2D eigenvalue weighted by Gasteiger charge is 2.25. The zero-order chi connectivity index (χ0) is 13.1. The van der Waals surface area contributed by atoms with Crippen molar-refractivity contribution in [2.24, 2.45) is 0 Å². The van der Waals surface area contributed by atoms with Gasteiger partial charge in [0.15, 0.2) is 0 Å². The van der Waals surface area contributed by atoms with Crippen LogP contribution in [-0.4, -0.2) is 30.8 Å². The summed E-state index contributed by atoms with van der Waals surface area (Å²) in [7, 11) is -1.89. The lowest BCUT2D eigenvalue weighted by Gasteiger charge is -2.23. The Kier molecular flexibility index (Phi) is 4.91. The minimum absolute atomic E-state index is 0.0306. The van der Waals surface area contributed by atoms with Crippen LogP contribution in [0.1, 0.15) is 26.7 Å². The molecule has 0 saturated heterocycles. The van der Waals surface area contributed by atoms with E-state index in [2.05, 4.69) is 4.98 Å². The van der Waals surface area contributed by atoms with E-state index in [9.17, 15) is 8.42 Å². The average molecular weight is 277 g/mol. The van der Waals surface area contributed by atoms with Gasteiger partial charge in [-0.2, -0.15) is 4.31 Å². The van der Waals surface area contributed by atoms with Crippen LogP contribution in [0.4, 0.5) is 0 Å². The second kappa shape index (κ2) is 5.80. The lowest BCUT2D eigenvalue weighted by Crippen LogP contribution is -2.35. The van der Waals surface area contributed by atoms with Gasteiger partial charge in [0, 0.05) is 19.3 Å². The third kappa shape index (κ3) is 3.40. The van der Waals surface area contributed by atoms with Gasteiger partial charge in [-0.25, -0.2) is 13.4 Å². The fourth-order valence-corrected chi connectivity index (χ4v) is 3.19. The zero-order valence-electron chi connectivity index (χ0n) is 10.2. The second-order valence-corrected chi connectivity index (χ2v) is 6.36. The van der Waals surface area contributed by atoms with Gasteiger partial charge in [0.25, 0.3) is 0 Å². The molecule has 0 spiro atoms. The van der Waals surface area contributed by atoms with Crippen molar-refractivity contribution >= 4 is 21.6 Å². The minimum Gasteiger partial charge on any atom is -0.244 e. The molecule has 1 aromatic heterocycles. The highest BCUT2D eigenvalue weighted by atomic mass is 35.5. The van der Waals surface area contributed by atoms with Gasteiger partial charge in [-0.1, -0.05) is 24.9 Å². The van der Waals surface area contributed by atoms with Crippen molar-refractivity contribution in [3.8, 4) is 0 Å². The smallest absolute Gasteiger partial charge is 0.243 e. The van der Waals surface area contributed by atoms with Crippen molar-refractivity contribution in [1.29, 1.82) is 0 Å². The molecule has 1 atom stereocenters. The molecule has 0 aliphatic rings. The Balaban J connectivity index is 3.03. The molecular weight excluding hydrogens is 260 g/mol. The topological polar surface area (TPSA) is 50.3 Å². The normalized spacial score (nSPS) is 13.9. The van der Waals surface area contributed by atoms with Crippen molar-refractivity contribution in [2.75, 3.05) is 7.05 Å². The first kappa shape index (κ1) is 14.4. The minimum atomic E-state index is -3.47. The highest BCUT2D eigenvalue weighted by molar-refractivity contribution is 7.89. The lowest BCUT2D eigenvalue weighted by molar-refractivity contribution is 0.368. The standard InChI is InChI=1S/C11H17ClN2O2S/c1-4-5-9(2)14(3)17(15,16)10-6-7-13-11(12)8-10/h6-9H,4-5H2,1-3H3. The molecule has 0 aromatic carbocycles. The molecule has 96 valence electrons. The van der Waals surface area contributed by atoms with E-state index < -0.39 is 10.0 Å². The molecule has 0 fully saturated rings. The summed E-state index contributed by atoms with van der Waals surface area (Å²) < 4.78 is 25.9. The van der Waals surface area contributed by atoms with Crippen LogP contribution >= 0.6 is 11.6 Å². The van der Waals surface area contributed by atoms with E-state index in [1.54, 1.807) is 7.05 Å². The molecule has 1 heterocycles. The van der Waals surface area contributed by atoms with E-state index in [4.69, 9.17) is 11.6 Å². The summed E-state index contributed by atoms with van der Waals surface area (Å²) in [5, 5.41) is 0.183. The number of halogens is 1. The van der Waals surface area contributed by atoms with Crippen molar-refractivity contribution in [2.45, 2.75) is 37.6 Å². The van der Waals surface area contributed by atoms with Crippen LogP contribution < -0.4 is 0 Å². The van der Waals surface area contributed by atoms with Gasteiger partial charge in [-0.15, -0.1) is 0 Å². The summed E-state index contributed by atoms with van der Waals surface area (Å²) in [5.41, 5.74) is 0. The van der Waals surface area contributed by atoms with Gasteiger partial charge in [-0.05, 0) is 25.5 Å². The Morgan fingerprint density at radius 1 is 1.53 bits per heavy atom. The molecule has 17 heavy (non-hydrogen) atoms. The van der Waals surface area contributed by atoms with Gasteiger partial charge in [0.05, 0.1) is 4.90 Å². The number of hydrogen-bond donors (Lipinski definition) is 0. The first-order valence-electron chi connectivity index (χ1n) is 5.49. The largest absolute Gasteiger partial charge is 0.244 e. The van der Waals surface area contributed by atoms with Crippen molar-refractivity contribution in [1.82, 2.24) is 9.29 Å². The number of sulfonamides is 1. The molecule has 0 N–H and O–H groups in total. The van der Waals surface area contributed by atoms with Gasteiger partial charge < -0.3 is 0 Å². The van der Waals surface area contributed by atoms with Crippen LogP contribution in [-0.2, 0) is 10.0 Å². The fourth-order valence-electron chi connectivity index (χ4n) is 1.55. The van der Waals surface area contributed by atoms with E-state index in [1.165, 1.54) is 22.6 Å². The summed E-state index contributed by atoms with van der Waals surface area (Å²) >= 11 is 5.70. The molecule has 0 saturated carbocycles. The molecule has 0 bridgehead atoms. The average Bonchev–Trinajstić information content (AvgIpc) is 2.28. The van der Waals surface area contributed by atoms with Gasteiger partial charge in [0.2, 0.25) is 10.0 Å². The maximum atomic E-state index is 12.2. The van der Waals surface area contributed by atoms with E-state index in [-0.39, 0.29) is 16.1 Å². The summed E-state index contributed by atoms with van der Waals surface area (Å²) in [4.78, 5) is 3.96. The van der Waals surface area contributed by atoms with Gasteiger partial charge >= 0.3 is 0 Å². The summed E-state index contributed by atoms with van der Waals surface area (Å²) in [6, 6.07) is 2.79. The lowest BCUT2D eigenvalue weighted by atomic mass is 10.2. The van der Waals surface area contributed by atoms with E-state index in [1.807, 2.05) is 13.8 Å². The summed E-state index contributed by atoms with van der Waals surface area (Å²) in [6.07, 6.45) is 3.17. The molecular formula is C11H17ClN2O2S. The van der Waals surface area contributed by atoms with E-state index >= 15 is 0 Å². The van der Waals surface area contributed by atoms with Crippen LogP contribution in [0.2, 0.25) is 5.15 Å². The first-order chi connectivity index (χ1) is 7.89. The van der Waals surface area contributed by atoms with Crippen LogP contribution in [0, 0.1) is 0 Å². The molecule has 4 nitrogen and oxygen atoms in total. The SMILES string of the molecule is CCCC(C)N(C)S(=O)(=O)c1ccnc(Cl)c1. The number of rotatable bonds is 5. The number of aromatic nitrogens is 1. The Morgan fingerprint density at radius 2 is 2.18 bits per heavy atom. The number of pyridine rings is 1. The van der Waals surface area contributed by atoms with Crippen LogP contribution in [0.25, 0.3) is 0 Å². The van der Waals surface area contributed by atoms with E-state index in [0.717, 1.165) is 12.8 Å². The Hall–Kier alpha value is -0.650. The summed E-state index contributed by atoms with van der Waals surface area (Å²) in [5.74, 6) is 0. The number of hydrogen-bond acceptors (Lipinski definition) is 3. The third-order valence-electron chi connectivity index (χ3n) is 2.70. The Labute approximate surface area is 108 Å². The Bertz CT molecular complexity index is 476. The van der Waals surface area contributed by atoms with Crippen molar-refractivity contribution < 1.29 is 8.42 Å². The first-order valence-corrected chi connectivity index (χ1v) is 7.31. The summed E-state index contributed by atoms with van der Waals surface area (Å²) in [6.45, 7) is 3.92. The van der Waals surface area contributed by atoms with Crippen molar-refractivity contribution in [3.63, 3.8) is 0 Å². The maximum Gasteiger partial charge on any atom is 0.243 e. The van der Waals surface area contributed by atoms with Gasteiger partial charge in [-0.3, -0.25) is 0 Å². The number of nitrogens with zero attached hydrogens (tertiary/aromatic N) is 2. The zero-order valence-corrected chi connectivity index (χ0v) is 11.8. The second-order valence-electron chi connectivity index (χ2n) is 3.97. The predicted octanol–water partition coefficient (Wildman–Crippen LogP) is 2.54. The molecule has 0 radical (unpaired) electrons. The predicted molar refractivity (Wildman–Crippen MR) is 68.6 cm³/mol.